The van der Waals surface area contributed by atoms with Crippen molar-refractivity contribution in [3.8, 4) is 0 Å². The third kappa shape index (κ3) is 3.65. The van der Waals surface area contributed by atoms with Crippen molar-refractivity contribution >= 4 is 5.91 Å². The Balaban J connectivity index is 1.74. The van der Waals surface area contributed by atoms with Gasteiger partial charge in [-0.25, -0.2) is 0 Å². The molecule has 0 aromatic carbocycles. The molecule has 0 aliphatic carbocycles. The molecule has 2 unspecified atom stereocenters. The van der Waals surface area contributed by atoms with E-state index in [0.29, 0.717) is 25.7 Å². The van der Waals surface area contributed by atoms with E-state index in [1.165, 1.54) is 0 Å². The third-order valence-corrected chi connectivity index (χ3v) is 3.71. The van der Waals surface area contributed by atoms with Crippen LogP contribution in [0.3, 0.4) is 0 Å². The Labute approximate surface area is 109 Å². The number of rotatable bonds is 3. The number of amides is 1. The summed E-state index contributed by atoms with van der Waals surface area (Å²) >= 11 is 0. The molecule has 2 aliphatic rings. The fourth-order valence-electron chi connectivity index (χ4n) is 2.39. The van der Waals surface area contributed by atoms with Gasteiger partial charge in [-0.2, -0.15) is 0 Å². The predicted molar refractivity (Wildman–Crippen MR) is 69.5 cm³/mol. The molecule has 0 saturated carbocycles. The normalized spacial score (nSPS) is 31.2. The van der Waals surface area contributed by atoms with Crippen molar-refractivity contribution in [2.24, 2.45) is 0 Å². The molecule has 0 radical (unpaired) electrons. The Hall–Kier alpha value is -0.690. The van der Waals surface area contributed by atoms with Crippen molar-refractivity contribution < 1.29 is 9.53 Å². The highest BCUT2D eigenvalue weighted by molar-refractivity contribution is 5.81. The summed E-state index contributed by atoms with van der Waals surface area (Å²) in [4.78, 5) is 16.5. The molecule has 2 fully saturated rings. The van der Waals surface area contributed by atoms with Gasteiger partial charge in [0, 0.05) is 45.3 Å². The number of nitrogens with one attached hydrogen (secondary N) is 2. The summed E-state index contributed by atoms with van der Waals surface area (Å²) in [7, 11) is 4.23. The third-order valence-electron chi connectivity index (χ3n) is 3.71. The molecular weight excluding hydrogens is 232 g/mol. The van der Waals surface area contributed by atoms with Crippen molar-refractivity contribution in [2.75, 3.05) is 60.0 Å². The number of morpholine rings is 1. The monoisotopic (exact) mass is 256 g/mol. The van der Waals surface area contributed by atoms with Gasteiger partial charge in [-0.3, -0.25) is 9.69 Å². The summed E-state index contributed by atoms with van der Waals surface area (Å²) in [5.41, 5.74) is 0. The summed E-state index contributed by atoms with van der Waals surface area (Å²) in [5, 5.41) is 6.17. The highest BCUT2D eigenvalue weighted by Crippen LogP contribution is 2.05. The Morgan fingerprint density at radius 2 is 2.28 bits per heavy atom. The number of hydrogen-bond acceptors (Lipinski definition) is 5. The van der Waals surface area contributed by atoms with Crippen LogP contribution >= 0.6 is 0 Å². The van der Waals surface area contributed by atoms with Gasteiger partial charge in [0.1, 0.15) is 6.10 Å². The van der Waals surface area contributed by atoms with E-state index < -0.39 is 0 Å². The van der Waals surface area contributed by atoms with E-state index in [1.54, 1.807) is 0 Å². The maximum absolute atomic E-state index is 11.9. The van der Waals surface area contributed by atoms with Crippen molar-refractivity contribution in [1.82, 2.24) is 20.4 Å². The molecule has 0 aromatic heterocycles. The lowest BCUT2D eigenvalue weighted by Crippen LogP contribution is -2.56. The first-order valence-corrected chi connectivity index (χ1v) is 6.65. The highest BCUT2D eigenvalue weighted by atomic mass is 16.5. The molecule has 2 saturated heterocycles. The number of piperazine rings is 1. The van der Waals surface area contributed by atoms with Gasteiger partial charge in [-0.05, 0) is 14.1 Å². The van der Waals surface area contributed by atoms with E-state index in [9.17, 15) is 4.79 Å². The van der Waals surface area contributed by atoms with Crippen LogP contribution in [0.1, 0.15) is 0 Å². The van der Waals surface area contributed by atoms with Crippen LogP contribution in [0.5, 0.6) is 0 Å². The van der Waals surface area contributed by atoms with Gasteiger partial charge in [0.25, 0.3) is 5.91 Å². The molecule has 104 valence electrons. The number of hydrogen-bond donors (Lipinski definition) is 2. The minimum atomic E-state index is -0.328. The van der Waals surface area contributed by atoms with Crippen molar-refractivity contribution in [1.29, 1.82) is 0 Å². The van der Waals surface area contributed by atoms with Crippen LogP contribution in [0.2, 0.25) is 0 Å². The molecular formula is C12H24N4O2. The summed E-state index contributed by atoms with van der Waals surface area (Å²) < 4.78 is 5.43. The molecule has 0 spiro atoms. The minimum Gasteiger partial charge on any atom is -0.366 e. The van der Waals surface area contributed by atoms with Crippen LogP contribution in [0.4, 0.5) is 0 Å². The fourth-order valence-corrected chi connectivity index (χ4v) is 2.39. The minimum absolute atomic E-state index is 0.00354. The Bertz CT molecular complexity index is 281. The van der Waals surface area contributed by atoms with Crippen molar-refractivity contribution in [3.63, 3.8) is 0 Å². The molecule has 2 N–H and O–H groups in total. The van der Waals surface area contributed by atoms with Crippen LogP contribution in [0.25, 0.3) is 0 Å². The van der Waals surface area contributed by atoms with E-state index in [-0.39, 0.29) is 12.0 Å². The van der Waals surface area contributed by atoms with E-state index in [4.69, 9.17) is 4.74 Å². The molecule has 0 bridgehead atoms. The summed E-state index contributed by atoms with van der Waals surface area (Å²) in [6.07, 6.45) is -0.328. The molecule has 1 amide bonds. The smallest absolute Gasteiger partial charge is 0.250 e. The number of likely N-dealkylation sites (N-methyl/N-ethyl adjacent to an activating group) is 2. The maximum Gasteiger partial charge on any atom is 0.250 e. The highest BCUT2D eigenvalue weighted by Gasteiger charge is 2.25. The van der Waals surface area contributed by atoms with Crippen LogP contribution in [0, 0.1) is 0 Å². The molecule has 6 nitrogen and oxygen atoms in total. The number of nitrogens with zero attached hydrogens (tertiary/aromatic N) is 2. The average Bonchev–Trinajstić information content (AvgIpc) is 2.40. The van der Waals surface area contributed by atoms with Gasteiger partial charge in [0.05, 0.1) is 6.61 Å². The van der Waals surface area contributed by atoms with Crippen molar-refractivity contribution in [2.45, 2.75) is 12.1 Å². The van der Waals surface area contributed by atoms with Gasteiger partial charge in [-0.15, -0.1) is 0 Å². The lowest BCUT2D eigenvalue weighted by molar-refractivity contribution is -0.134. The lowest BCUT2D eigenvalue weighted by atomic mass is 10.2. The summed E-state index contributed by atoms with van der Waals surface area (Å²) in [6.45, 7) is 5.91. The zero-order valence-corrected chi connectivity index (χ0v) is 11.3. The van der Waals surface area contributed by atoms with Gasteiger partial charge < -0.3 is 20.3 Å². The second-order valence-electron chi connectivity index (χ2n) is 5.21. The Kier molecular flexibility index (Phi) is 4.94. The Morgan fingerprint density at radius 1 is 1.44 bits per heavy atom. The van der Waals surface area contributed by atoms with E-state index in [1.807, 2.05) is 0 Å². The lowest BCUT2D eigenvalue weighted by Gasteiger charge is -2.38. The first-order chi connectivity index (χ1) is 8.66. The molecule has 2 heterocycles. The van der Waals surface area contributed by atoms with Gasteiger partial charge >= 0.3 is 0 Å². The zero-order chi connectivity index (χ0) is 13.0. The Morgan fingerprint density at radius 3 is 3.00 bits per heavy atom. The molecule has 0 aromatic rings. The van der Waals surface area contributed by atoms with E-state index in [2.05, 4.69) is 34.5 Å². The topological polar surface area (TPSA) is 56.8 Å². The molecule has 2 aliphatic heterocycles. The second-order valence-corrected chi connectivity index (χ2v) is 5.21. The van der Waals surface area contributed by atoms with Gasteiger partial charge in [-0.1, -0.05) is 0 Å². The first-order valence-electron chi connectivity index (χ1n) is 6.65. The SMILES string of the molecule is CN1CCN(C)C(CNC(=O)C2CNCCO2)C1. The second kappa shape index (κ2) is 6.47. The number of carbonyl (C=O) groups excluding carboxylic acids is 1. The summed E-state index contributed by atoms with van der Waals surface area (Å²) in [6, 6.07) is 0.393. The zero-order valence-electron chi connectivity index (χ0n) is 11.3. The van der Waals surface area contributed by atoms with Gasteiger partial charge in [0.2, 0.25) is 0 Å². The van der Waals surface area contributed by atoms with Crippen LogP contribution in [-0.2, 0) is 9.53 Å². The van der Waals surface area contributed by atoms with Crippen molar-refractivity contribution in [3.05, 3.63) is 0 Å². The van der Waals surface area contributed by atoms with E-state index in [0.717, 1.165) is 26.2 Å². The summed E-state index contributed by atoms with van der Waals surface area (Å²) in [5.74, 6) is 0.00354. The molecule has 2 atom stereocenters. The molecule has 2 rings (SSSR count). The van der Waals surface area contributed by atoms with Crippen LogP contribution < -0.4 is 10.6 Å². The predicted octanol–water partition coefficient (Wildman–Crippen LogP) is -1.66. The molecule has 6 heteroatoms. The van der Waals surface area contributed by atoms with Crippen LogP contribution in [-0.4, -0.2) is 87.8 Å². The largest absolute Gasteiger partial charge is 0.366 e. The van der Waals surface area contributed by atoms with E-state index >= 15 is 0 Å². The number of carbonyl (C=O) groups is 1. The van der Waals surface area contributed by atoms with Gasteiger partial charge in [0.15, 0.2) is 0 Å². The first kappa shape index (κ1) is 13.7. The molecule has 18 heavy (non-hydrogen) atoms. The number of ether oxygens (including phenoxy) is 1. The van der Waals surface area contributed by atoms with Crippen LogP contribution in [0.15, 0.2) is 0 Å². The quantitative estimate of drug-likeness (QED) is 0.633. The fraction of sp³-hybridized carbons (Fsp3) is 0.917. The average molecular weight is 256 g/mol. The maximum atomic E-state index is 11.9. The standard InChI is InChI=1S/C12H24N4O2/c1-15-4-5-16(2)10(9-15)7-14-12(17)11-8-13-3-6-18-11/h10-11,13H,3-9H2,1-2H3,(H,14,17).